The number of hydrazone groups is 1. The first-order chi connectivity index (χ1) is 16.5. The Morgan fingerprint density at radius 2 is 1.74 bits per heavy atom. The first-order valence-corrected chi connectivity index (χ1v) is 11.7. The number of nitrogens with zero attached hydrogens (tertiary/aromatic N) is 1. The summed E-state index contributed by atoms with van der Waals surface area (Å²) < 4.78 is 17.2. The number of carbonyl (C=O) groups excluding carboxylic acids is 1. The van der Waals surface area contributed by atoms with Crippen LogP contribution in [0.25, 0.3) is 0 Å². The molecule has 0 aromatic heterocycles. The van der Waals surface area contributed by atoms with E-state index in [0.717, 1.165) is 12.0 Å². The van der Waals surface area contributed by atoms with Crippen LogP contribution in [0.2, 0.25) is 10.0 Å². The van der Waals surface area contributed by atoms with Crippen LogP contribution in [-0.4, -0.2) is 25.3 Å². The summed E-state index contributed by atoms with van der Waals surface area (Å²) >= 11 is 12.3. The van der Waals surface area contributed by atoms with Crippen molar-refractivity contribution in [2.45, 2.75) is 26.9 Å². The summed E-state index contributed by atoms with van der Waals surface area (Å²) in [5.41, 5.74) is 4.38. The van der Waals surface area contributed by atoms with Crippen LogP contribution in [0.4, 0.5) is 0 Å². The number of hydrogen-bond acceptors (Lipinski definition) is 5. The van der Waals surface area contributed by atoms with Crippen molar-refractivity contribution in [3.63, 3.8) is 0 Å². The lowest BCUT2D eigenvalue weighted by atomic mass is 10.2. The zero-order chi connectivity index (χ0) is 24.3. The van der Waals surface area contributed by atoms with Gasteiger partial charge in [0.05, 0.1) is 19.4 Å². The van der Waals surface area contributed by atoms with Gasteiger partial charge in [-0.05, 0) is 55.8 Å². The Labute approximate surface area is 209 Å². The second-order valence-electron chi connectivity index (χ2n) is 7.20. The summed E-state index contributed by atoms with van der Waals surface area (Å²) in [6.07, 6.45) is 2.35. The summed E-state index contributed by atoms with van der Waals surface area (Å²) in [6.45, 7) is 5.19. The van der Waals surface area contributed by atoms with Crippen LogP contribution in [0.3, 0.4) is 0 Å². The van der Waals surface area contributed by atoms with Crippen molar-refractivity contribution in [1.29, 1.82) is 0 Å². The fraction of sp³-hybridized carbons (Fsp3) is 0.231. The molecule has 0 bridgehead atoms. The maximum atomic E-state index is 12.6. The molecule has 8 heteroatoms. The third-order valence-corrected chi connectivity index (χ3v) is 5.25. The number of ether oxygens (including phenoxy) is 3. The number of hydrogen-bond donors (Lipinski definition) is 1. The molecule has 0 aliphatic carbocycles. The molecule has 6 nitrogen and oxygen atoms in total. The second-order valence-corrected chi connectivity index (χ2v) is 8.05. The zero-order valence-corrected chi connectivity index (χ0v) is 20.5. The molecule has 3 aromatic carbocycles. The summed E-state index contributed by atoms with van der Waals surface area (Å²) in [5, 5.41) is 5.22. The molecular weight excluding hydrogens is 475 g/mol. The van der Waals surface area contributed by atoms with E-state index in [1.807, 2.05) is 32.0 Å². The molecule has 0 heterocycles. The Bertz CT molecular complexity index is 1150. The summed E-state index contributed by atoms with van der Waals surface area (Å²) in [6, 6.07) is 17.6. The molecule has 0 unspecified atom stereocenters. The van der Waals surface area contributed by atoms with E-state index in [-0.39, 0.29) is 12.5 Å². The Morgan fingerprint density at radius 1 is 0.941 bits per heavy atom. The number of nitrogens with one attached hydrogen (secondary N) is 1. The number of rotatable bonds is 11. The fourth-order valence-corrected chi connectivity index (χ4v) is 3.37. The van der Waals surface area contributed by atoms with Gasteiger partial charge in [0.25, 0.3) is 5.91 Å². The van der Waals surface area contributed by atoms with Gasteiger partial charge in [-0.1, -0.05) is 48.3 Å². The largest absolute Gasteiger partial charge is 0.490 e. The molecule has 0 atom stereocenters. The monoisotopic (exact) mass is 500 g/mol. The lowest BCUT2D eigenvalue weighted by Crippen LogP contribution is -2.18. The quantitative estimate of drug-likeness (QED) is 0.240. The van der Waals surface area contributed by atoms with Gasteiger partial charge in [-0.25, -0.2) is 5.43 Å². The van der Waals surface area contributed by atoms with Crippen LogP contribution < -0.4 is 19.6 Å². The van der Waals surface area contributed by atoms with Crippen molar-refractivity contribution in [3.05, 3.63) is 87.4 Å². The van der Waals surface area contributed by atoms with Crippen molar-refractivity contribution < 1.29 is 19.0 Å². The fourth-order valence-electron chi connectivity index (χ4n) is 3.00. The van der Waals surface area contributed by atoms with Gasteiger partial charge in [0, 0.05) is 26.7 Å². The smallest absolute Gasteiger partial charge is 0.271 e. The lowest BCUT2D eigenvalue weighted by Gasteiger charge is -2.12. The highest BCUT2D eigenvalue weighted by molar-refractivity contribution is 6.31. The van der Waals surface area contributed by atoms with Gasteiger partial charge in [0.15, 0.2) is 11.5 Å². The van der Waals surface area contributed by atoms with Gasteiger partial charge in [0.1, 0.15) is 12.4 Å². The Hall–Kier alpha value is -3.22. The van der Waals surface area contributed by atoms with Gasteiger partial charge < -0.3 is 14.2 Å². The molecule has 0 saturated carbocycles. The topological polar surface area (TPSA) is 69.2 Å². The molecule has 3 rings (SSSR count). The van der Waals surface area contributed by atoms with E-state index >= 15 is 0 Å². The van der Waals surface area contributed by atoms with E-state index < -0.39 is 0 Å². The standard InChI is InChI=1S/C26H26Cl2N2O4/c1-3-13-33-24-11-9-18(15-25(24)32-4-2)26(31)30-29-16-20-14-21(27)10-12-23(20)34-17-19-7-5-6-8-22(19)28/h5-12,14-16H,3-4,13,17H2,1-2H3,(H,30,31)/b29-16+. The first kappa shape index (κ1) is 25.4. The molecule has 0 saturated heterocycles. The average molecular weight is 501 g/mol. The van der Waals surface area contributed by atoms with Crippen LogP contribution in [0.15, 0.2) is 65.8 Å². The molecule has 0 radical (unpaired) electrons. The summed E-state index contributed by atoms with van der Waals surface area (Å²) in [4.78, 5) is 12.6. The summed E-state index contributed by atoms with van der Waals surface area (Å²) in [5.74, 6) is 1.28. The maximum absolute atomic E-state index is 12.6. The van der Waals surface area contributed by atoms with Crippen molar-refractivity contribution in [1.82, 2.24) is 5.43 Å². The van der Waals surface area contributed by atoms with Crippen molar-refractivity contribution in [2.24, 2.45) is 5.10 Å². The molecule has 178 valence electrons. The van der Waals surface area contributed by atoms with Crippen molar-refractivity contribution in [3.8, 4) is 17.2 Å². The van der Waals surface area contributed by atoms with E-state index in [1.165, 1.54) is 6.21 Å². The zero-order valence-electron chi connectivity index (χ0n) is 19.0. The Kier molecular flexibility index (Phi) is 9.62. The minimum Gasteiger partial charge on any atom is -0.490 e. The normalized spacial score (nSPS) is 10.8. The molecule has 0 aliphatic heterocycles. The van der Waals surface area contributed by atoms with Crippen LogP contribution in [0.5, 0.6) is 17.2 Å². The van der Waals surface area contributed by atoms with Crippen LogP contribution in [0, 0.1) is 0 Å². The third kappa shape index (κ3) is 7.14. The van der Waals surface area contributed by atoms with Crippen LogP contribution >= 0.6 is 23.2 Å². The molecule has 1 N–H and O–H groups in total. The van der Waals surface area contributed by atoms with Crippen LogP contribution in [-0.2, 0) is 6.61 Å². The van der Waals surface area contributed by atoms with Gasteiger partial charge in [-0.2, -0.15) is 5.10 Å². The number of halogens is 2. The number of amides is 1. The summed E-state index contributed by atoms with van der Waals surface area (Å²) in [7, 11) is 0. The molecule has 0 fully saturated rings. The van der Waals surface area contributed by atoms with E-state index in [0.29, 0.717) is 51.6 Å². The molecule has 1 amide bonds. The molecule has 0 spiro atoms. The minimum absolute atomic E-state index is 0.279. The second kappa shape index (κ2) is 12.9. The van der Waals surface area contributed by atoms with Gasteiger partial charge in [-0.3, -0.25) is 4.79 Å². The van der Waals surface area contributed by atoms with E-state index in [1.54, 1.807) is 42.5 Å². The predicted molar refractivity (Wildman–Crippen MR) is 136 cm³/mol. The van der Waals surface area contributed by atoms with Gasteiger partial charge >= 0.3 is 0 Å². The first-order valence-electron chi connectivity index (χ1n) is 10.9. The molecule has 3 aromatic rings. The minimum atomic E-state index is -0.389. The highest BCUT2D eigenvalue weighted by Gasteiger charge is 2.12. The molecular formula is C26H26Cl2N2O4. The number of benzene rings is 3. The lowest BCUT2D eigenvalue weighted by molar-refractivity contribution is 0.0954. The molecule has 0 aliphatic rings. The molecule has 34 heavy (non-hydrogen) atoms. The SMILES string of the molecule is CCCOc1ccc(C(=O)N/N=C/c2cc(Cl)ccc2OCc2ccccc2Cl)cc1OCC. The maximum Gasteiger partial charge on any atom is 0.271 e. The average Bonchev–Trinajstić information content (AvgIpc) is 2.83. The predicted octanol–water partition coefficient (Wildman–Crippen LogP) is 6.52. The Balaban J connectivity index is 1.70. The van der Waals surface area contributed by atoms with Gasteiger partial charge in [-0.15, -0.1) is 0 Å². The highest BCUT2D eigenvalue weighted by atomic mass is 35.5. The van der Waals surface area contributed by atoms with E-state index in [9.17, 15) is 4.79 Å². The Morgan fingerprint density at radius 3 is 2.50 bits per heavy atom. The van der Waals surface area contributed by atoms with Gasteiger partial charge in [0.2, 0.25) is 0 Å². The van der Waals surface area contributed by atoms with E-state index in [4.69, 9.17) is 37.4 Å². The van der Waals surface area contributed by atoms with Crippen molar-refractivity contribution in [2.75, 3.05) is 13.2 Å². The highest BCUT2D eigenvalue weighted by Crippen LogP contribution is 2.29. The van der Waals surface area contributed by atoms with E-state index in [2.05, 4.69) is 10.5 Å². The van der Waals surface area contributed by atoms with Crippen LogP contribution in [0.1, 0.15) is 41.8 Å². The van der Waals surface area contributed by atoms with Crippen molar-refractivity contribution >= 4 is 35.3 Å². The number of carbonyl (C=O) groups is 1. The third-order valence-electron chi connectivity index (χ3n) is 4.65.